The van der Waals surface area contributed by atoms with Gasteiger partial charge in [-0.05, 0) is 42.8 Å². The number of carbonyl (C=O) groups is 2. The van der Waals surface area contributed by atoms with Crippen molar-refractivity contribution in [3.63, 3.8) is 0 Å². The van der Waals surface area contributed by atoms with Crippen LogP contribution >= 0.6 is 23.4 Å². The van der Waals surface area contributed by atoms with Gasteiger partial charge in [-0.15, -0.1) is 0 Å². The monoisotopic (exact) mass is 426 g/mol. The predicted molar refractivity (Wildman–Crippen MR) is 117 cm³/mol. The Kier molecular flexibility index (Phi) is 7.21. The maximum absolute atomic E-state index is 12.2. The van der Waals surface area contributed by atoms with E-state index >= 15 is 0 Å². The third-order valence-corrected chi connectivity index (χ3v) is 5.28. The number of Topliss-reactive ketones (excluding diaryl/α,β-unsaturated/α-hetero) is 1. The number of hydrogen-bond donors (Lipinski definition) is 2. The largest absolute Gasteiger partial charge is 0.366 e. The Morgan fingerprint density at radius 3 is 2.55 bits per heavy atom. The number of benzene rings is 2. The number of rotatable bonds is 8. The number of ketones is 1. The van der Waals surface area contributed by atoms with E-state index < -0.39 is 0 Å². The molecule has 0 fully saturated rings. The molecule has 3 rings (SSSR count). The second-order valence-electron chi connectivity index (χ2n) is 6.16. The third-order valence-electron chi connectivity index (χ3n) is 3.99. The number of hydrogen-bond acceptors (Lipinski definition) is 6. The topological polar surface area (TPSA) is 84.0 Å². The quantitative estimate of drug-likeness (QED) is 0.309. The fourth-order valence-electron chi connectivity index (χ4n) is 2.47. The Labute approximate surface area is 178 Å². The van der Waals surface area contributed by atoms with E-state index in [-0.39, 0.29) is 17.4 Å². The molecule has 0 bridgehead atoms. The molecule has 1 amide bonds. The van der Waals surface area contributed by atoms with E-state index in [1.54, 1.807) is 30.3 Å². The molecule has 0 saturated carbocycles. The molecule has 0 atom stereocenters. The zero-order chi connectivity index (χ0) is 20.6. The van der Waals surface area contributed by atoms with Gasteiger partial charge in [-0.3, -0.25) is 9.59 Å². The Morgan fingerprint density at radius 2 is 1.83 bits per heavy atom. The lowest BCUT2D eigenvalue weighted by Gasteiger charge is -2.08. The van der Waals surface area contributed by atoms with Crippen molar-refractivity contribution in [1.29, 1.82) is 0 Å². The number of amides is 1. The van der Waals surface area contributed by atoms with E-state index in [9.17, 15) is 9.59 Å². The summed E-state index contributed by atoms with van der Waals surface area (Å²) in [5.41, 5.74) is 2.22. The molecule has 1 aromatic heterocycles. The molecule has 29 heavy (non-hydrogen) atoms. The number of aromatic nitrogens is 2. The molecule has 0 aliphatic carbocycles. The fraction of sp³-hybridized carbons (Fsp3) is 0.143. The number of anilines is 2. The highest BCUT2D eigenvalue weighted by molar-refractivity contribution is 7.99. The van der Waals surface area contributed by atoms with Crippen molar-refractivity contribution in [2.24, 2.45) is 0 Å². The molecule has 2 aromatic carbocycles. The van der Waals surface area contributed by atoms with Gasteiger partial charge in [0.15, 0.2) is 5.78 Å². The Hall–Kier alpha value is -2.90. The number of carbonyl (C=O) groups excluding carboxylic acids is 2. The second-order valence-corrected chi connectivity index (χ2v) is 7.56. The number of nitrogens with zero attached hydrogens (tertiary/aromatic N) is 2. The summed E-state index contributed by atoms with van der Waals surface area (Å²) in [6.45, 7) is 2.04. The summed E-state index contributed by atoms with van der Waals surface area (Å²) in [5, 5.41) is 7.38. The lowest BCUT2D eigenvalue weighted by atomic mass is 10.1. The zero-order valence-electron chi connectivity index (χ0n) is 15.7. The highest BCUT2D eigenvalue weighted by Crippen LogP contribution is 2.20. The van der Waals surface area contributed by atoms with Gasteiger partial charge in [0.25, 0.3) is 0 Å². The Morgan fingerprint density at radius 1 is 1.07 bits per heavy atom. The van der Waals surface area contributed by atoms with Crippen LogP contribution < -0.4 is 10.6 Å². The van der Waals surface area contributed by atoms with Gasteiger partial charge in [0.2, 0.25) is 5.91 Å². The van der Waals surface area contributed by atoms with Crippen LogP contribution in [-0.2, 0) is 11.3 Å². The third kappa shape index (κ3) is 6.30. The summed E-state index contributed by atoms with van der Waals surface area (Å²) in [4.78, 5) is 31.8. The Balaban J connectivity index is 1.51. The lowest BCUT2D eigenvalue weighted by Crippen LogP contribution is -2.14. The first kappa shape index (κ1) is 20.8. The first-order chi connectivity index (χ1) is 14.0. The molecule has 6 nitrogen and oxygen atoms in total. The van der Waals surface area contributed by atoms with Crippen molar-refractivity contribution in [3.05, 3.63) is 77.1 Å². The molecule has 8 heteroatoms. The van der Waals surface area contributed by atoms with Crippen molar-refractivity contribution in [2.75, 3.05) is 16.4 Å². The lowest BCUT2D eigenvalue weighted by molar-refractivity contribution is -0.113. The van der Waals surface area contributed by atoms with Gasteiger partial charge in [0.05, 0.1) is 5.75 Å². The van der Waals surface area contributed by atoms with Crippen LogP contribution in [-0.4, -0.2) is 27.4 Å². The number of thioether (sulfide) groups is 1. The summed E-state index contributed by atoms with van der Waals surface area (Å²) >= 11 is 7.47. The molecular formula is C21H19ClN4O2S. The van der Waals surface area contributed by atoms with Crippen LogP contribution in [0.5, 0.6) is 0 Å². The van der Waals surface area contributed by atoms with Gasteiger partial charge in [0, 0.05) is 28.9 Å². The van der Waals surface area contributed by atoms with Crippen LogP contribution in [0.15, 0.2) is 66.0 Å². The number of halogens is 1. The average molecular weight is 427 g/mol. The van der Waals surface area contributed by atoms with Gasteiger partial charge < -0.3 is 10.6 Å². The van der Waals surface area contributed by atoms with Crippen LogP contribution in [0.4, 0.5) is 11.5 Å². The maximum atomic E-state index is 12.2. The van der Waals surface area contributed by atoms with E-state index in [0.717, 1.165) is 5.56 Å². The molecule has 0 aliphatic rings. The summed E-state index contributed by atoms with van der Waals surface area (Å²) < 4.78 is 0. The Bertz CT molecular complexity index is 1010. The van der Waals surface area contributed by atoms with Crippen molar-refractivity contribution in [2.45, 2.75) is 18.5 Å². The molecule has 0 spiro atoms. The van der Waals surface area contributed by atoms with Gasteiger partial charge in [-0.2, -0.15) is 0 Å². The minimum atomic E-state index is -0.158. The van der Waals surface area contributed by atoms with Crippen molar-refractivity contribution < 1.29 is 9.59 Å². The van der Waals surface area contributed by atoms with E-state index in [1.807, 2.05) is 24.3 Å². The first-order valence-corrected chi connectivity index (χ1v) is 10.2. The summed E-state index contributed by atoms with van der Waals surface area (Å²) in [6, 6.07) is 16.2. The van der Waals surface area contributed by atoms with Gasteiger partial charge in [-0.1, -0.05) is 41.6 Å². The van der Waals surface area contributed by atoms with Crippen molar-refractivity contribution >= 4 is 46.6 Å². The van der Waals surface area contributed by atoms with Crippen LogP contribution in [0.3, 0.4) is 0 Å². The highest BCUT2D eigenvalue weighted by atomic mass is 35.5. The van der Waals surface area contributed by atoms with E-state index in [1.165, 1.54) is 25.0 Å². The average Bonchev–Trinajstić information content (AvgIpc) is 2.72. The fourth-order valence-corrected chi connectivity index (χ4v) is 3.34. The first-order valence-electron chi connectivity index (χ1n) is 8.84. The van der Waals surface area contributed by atoms with Crippen molar-refractivity contribution in [3.8, 4) is 0 Å². The molecule has 0 unspecified atom stereocenters. The zero-order valence-corrected chi connectivity index (χ0v) is 17.3. The standard InChI is InChI=1S/C21H19ClN4O2S/c1-14(27)15-6-8-17(9-7-15)26-20(28)12-29-21-10-19(24-13-25-21)23-11-16-4-2-3-5-18(16)22/h2-10,13H,11-12H2,1H3,(H,26,28)(H,23,24,25). The predicted octanol–water partition coefficient (Wildman–Crippen LogP) is 4.68. The van der Waals surface area contributed by atoms with Crippen molar-refractivity contribution in [1.82, 2.24) is 9.97 Å². The molecule has 0 saturated heterocycles. The molecule has 0 radical (unpaired) electrons. The highest BCUT2D eigenvalue weighted by Gasteiger charge is 2.07. The number of nitrogens with one attached hydrogen (secondary N) is 2. The molecular weight excluding hydrogens is 408 g/mol. The minimum Gasteiger partial charge on any atom is -0.366 e. The SMILES string of the molecule is CC(=O)c1ccc(NC(=O)CSc2cc(NCc3ccccc3Cl)ncn2)cc1. The van der Waals surface area contributed by atoms with Crippen LogP contribution in [0.25, 0.3) is 0 Å². The van der Waals surface area contributed by atoms with Gasteiger partial charge >= 0.3 is 0 Å². The smallest absolute Gasteiger partial charge is 0.234 e. The van der Waals surface area contributed by atoms with Crippen LogP contribution in [0.1, 0.15) is 22.8 Å². The second kappa shape index (κ2) is 10.0. The summed E-state index contributed by atoms with van der Waals surface area (Å²) in [6.07, 6.45) is 1.45. The van der Waals surface area contributed by atoms with E-state index in [0.29, 0.717) is 33.7 Å². The molecule has 0 aliphatic heterocycles. The molecule has 1 heterocycles. The van der Waals surface area contributed by atoms with Gasteiger partial charge in [-0.25, -0.2) is 9.97 Å². The molecule has 148 valence electrons. The van der Waals surface area contributed by atoms with E-state index in [4.69, 9.17) is 11.6 Å². The molecule has 3 aromatic rings. The van der Waals surface area contributed by atoms with Crippen LogP contribution in [0.2, 0.25) is 5.02 Å². The minimum absolute atomic E-state index is 0.0128. The van der Waals surface area contributed by atoms with Crippen LogP contribution in [0, 0.1) is 0 Å². The van der Waals surface area contributed by atoms with Gasteiger partial charge in [0.1, 0.15) is 17.2 Å². The summed E-state index contributed by atoms with van der Waals surface area (Å²) in [7, 11) is 0. The summed E-state index contributed by atoms with van der Waals surface area (Å²) in [5.74, 6) is 0.689. The molecule has 2 N–H and O–H groups in total. The van der Waals surface area contributed by atoms with E-state index in [2.05, 4.69) is 20.6 Å². The normalized spacial score (nSPS) is 10.4. The maximum Gasteiger partial charge on any atom is 0.234 e.